The molecule has 5 rings (SSSR count). The number of aromatic nitrogens is 6. The van der Waals surface area contributed by atoms with Crippen LogP contribution in [0.15, 0.2) is 73.1 Å². The van der Waals surface area contributed by atoms with Crippen molar-refractivity contribution in [1.82, 2.24) is 29.8 Å². The van der Waals surface area contributed by atoms with Gasteiger partial charge in [0.15, 0.2) is 0 Å². The van der Waals surface area contributed by atoms with Crippen molar-refractivity contribution in [3.05, 3.63) is 89.6 Å². The van der Waals surface area contributed by atoms with Gasteiger partial charge in [-0.15, -0.1) is 5.10 Å². The van der Waals surface area contributed by atoms with Gasteiger partial charge in [0, 0.05) is 11.1 Å². The number of halogens is 4. The third-order valence-corrected chi connectivity index (χ3v) is 5.13. The minimum absolute atomic E-state index is 0.162. The van der Waals surface area contributed by atoms with Gasteiger partial charge < -0.3 is 5.32 Å². The molecule has 0 unspecified atom stereocenters. The molecule has 0 aliphatic heterocycles. The molecule has 0 fully saturated rings. The molecule has 11 heteroatoms. The van der Waals surface area contributed by atoms with Gasteiger partial charge in [0.2, 0.25) is 0 Å². The quantitative estimate of drug-likeness (QED) is 0.354. The van der Waals surface area contributed by atoms with E-state index >= 15 is 0 Å². The van der Waals surface area contributed by atoms with Crippen LogP contribution < -0.4 is 5.32 Å². The predicted molar refractivity (Wildman–Crippen MR) is 118 cm³/mol. The number of benzene rings is 2. The number of nitrogens with zero attached hydrogens (tertiary/aromatic N) is 6. The highest BCUT2D eigenvalue weighted by molar-refractivity contribution is 6.29. The maximum atomic E-state index is 12.9. The first-order valence-electron chi connectivity index (χ1n) is 9.80. The van der Waals surface area contributed by atoms with E-state index in [1.807, 2.05) is 59.4 Å². The summed E-state index contributed by atoms with van der Waals surface area (Å²) in [4.78, 5) is 3.31. The van der Waals surface area contributed by atoms with Crippen LogP contribution in [0.1, 0.15) is 11.4 Å². The molecular formula is C22H15ClF3N7. The first-order valence-corrected chi connectivity index (χ1v) is 10.2. The molecule has 2 aromatic carbocycles. The van der Waals surface area contributed by atoms with Crippen LogP contribution in [0.4, 0.5) is 18.9 Å². The Labute approximate surface area is 190 Å². The minimum Gasteiger partial charge on any atom is -0.379 e. The van der Waals surface area contributed by atoms with Crippen LogP contribution in [0.3, 0.4) is 0 Å². The summed E-state index contributed by atoms with van der Waals surface area (Å²) in [5.74, 6) is 0. The van der Waals surface area contributed by atoms with Crippen LogP contribution in [0.2, 0.25) is 5.15 Å². The van der Waals surface area contributed by atoms with Crippen molar-refractivity contribution in [2.75, 3.05) is 5.32 Å². The fourth-order valence-corrected chi connectivity index (χ4v) is 3.58. The fraction of sp³-hybridized carbons (Fsp3) is 0.0909. The number of hydrogen-bond acceptors (Lipinski definition) is 5. The van der Waals surface area contributed by atoms with Gasteiger partial charge in [0.1, 0.15) is 16.5 Å². The lowest BCUT2D eigenvalue weighted by Crippen LogP contribution is -2.09. The van der Waals surface area contributed by atoms with Gasteiger partial charge in [-0.05, 0) is 42.5 Å². The lowest BCUT2D eigenvalue weighted by Gasteiger charge is -2.10. The lowest BCUT2D eigenvalue weighted by molar-refractivity contribution is -0.141. The zero-order valence-corrected chi connectivity index (χ0v) is 17.6. The van der Waals surface area contributed by atoms with Gasteiger partial charge in [0.05, 0.1) is 35.8 Å². The molecule has 0 bridgehead atoms. The lowest BCUT2D eigenvalue weighted by atomic mass is 10.2. The first-order chi connectivity index (χ1) is 15.9. The Hall–Kier alpha value is -3.92. The summed E-state index contributed by atoms with van der Waals surface area (Å²) < 4.78 is 42.2. The summed E-state index contributed by atoms with van der Waals surface area (Å²) in [6.07, 6.45) is -1.08. The molecule has 0 aliphatic rings. The van der Waals surface area contributed by atoms with Gasteiger partial charge in [-0.3, -0.25) is 0 Å². The Morgan fingerprint density at radius 1 is 0.970 bits per heavy atom. The highest BCUT2D eigenvalue weighted by Crippen LogP contribution is 2.31. The summed E-state index contributed by atoms with van der Waals surface area (Å²) >= 11 is 5.71. The molecule has 0 amide bonds. The monoisotopic (exact) mass is 469 g/mol. The van der Waals surface area contributed by atoms with Gasteiger partial charge >= 0.3 is 6.18 Å². The van der Waals surface area contributed by atoms with Crippen molar-refractivity contribution < 1.29 is 13.2 Å². The second kappa shape index (κ2) is 8.21. The van der Waals surface area contributed by atoms with Gasteiger partial charge in [-0.25, -0.2) is 14.3 Å². The molecule has 5 aromatic rings. The van der Waals surface area contributed by atoms with Crippen molar-refractivity contribution in [2.24, 2.45) is 0 Å². The predicted octanol–water partition coefficient (Wildman–Crippen LogP) is 5.29. The van der Waals surface area contributed by atoms with E-state index in [4.69, 9.17) is 11.6 Å². The first kappa shape index (κ1) is 21.0. The van der Waals surface area contributed by atoms with E-state index in [0.29, 0.717) is 5.69 Å². The van der Waals surface area contributed by atoms with Crippen molar-refractivity contribution >= 4 is 28.2 Å². The van der Waals surface area contributed by atoms with Crippen LogP contribution in [0.5, 0.6) is 0 Å². The minimum atomic E-state index is -4.58. The number of nitrogens with one attached hydrogen (secondary N) is 1. The van der Waals surface area contributed by atoms with Crippen LogP contribution in [-0.2, 0) is 12.7 Å². The molecule has 0 spiro atoms. The van der Waals surface area contributed by atoms with Crippen LogP contribution in [0.25, 0.3) is 22.3 Å². The molecule has 0 saturated heterocycles. The smallest absolute Gasteiger partial charge is 0.379 e. The molecule has 3 heterocycles. The Morgan fingerprint density at radius 2 is 1.73 bits per heavy atom. The van der Waals surface area contributed by atoms with Crippen molar-refractivity contribution in [2.45, 2.75) is 12.7 Å². The molecule has 166 valence electrons. The molecule has 0 saturated carbocycles. The highest BCUT2D eigenvalue weighted by Gasteiger charge is 2.33. The Kier molecular flexibility index (Phi) is 5.21. The van der Waals surface area contributed by atoms with Crippen LogP contribution in [-0.4, -0.2) is 29.8 Å². The van der Waals surface area contributed by atoms with Gasteiger partial charge in [-0.1, -0.05) is 35.0 Å². The second-order valence-electron chi connectivity index (χ2n) is 7.20. The van der Waals surface area contributed by atoms with Crippen molar-refractivity contribution in [3.63, 3.8) is 0 Å². The zero-order chi connectivity index (χ0) is 23.0. The number of rotatable bonds is 5. The maximum absolute atomic E-state index is 12.9. The topological polar surface area (TPSA) is 73.5 Å². The van der Waals surface area contributed by atoms with Gasteiger partial charge in [0.25, 0.3) is 0 Å². The number of fused-ring (bicyclic) bond motifs is 1. The van der Waals surface area contributed by atoms with Crippen molar-refractivity contribution in [3.8, 4) is 11.4 Å². The summed E-state index contributed by atoms with van der Waals surface area (Å²) in [6.45, 7) is 0.162. The van der Waals surface area contributed by atoms with E-state index in [1.54, 1.807) is 10.9 Å². The normalized spacial score (nSPS) is 11.8. The highest BCUT2D eigenvalue weighted by atomic mass is 35.5. The SMILES string of the molecule is FC(F)(F)c1cc(NCc2cn(-c3ccc(-n4ncc5ccccc54)cc3)nn2)cc(Cl)n1. The second-order valence-corrected chi connectivity index (χ2v) is 7.59. The van der Waals surface area contributed by atoms with E-state index in [-0.39, 0.29) is 17.4 Å². The zero-order valence-electron chi connectivity index (χ0n) is 16.8. The number of hydrogen-bond donors (Lipinski definition) is 1. The number of alkyl halides is 3. The standard InChI is InChI=1S/C22H15ClF3N7/c23-21-10-15(9-20(29-21)22(24,25)26)27-12-16-13-32(31-30-16)17-5-7-18(8-6-17)33-19-4-2-1-3-14(19)11-28-33/h1-11,13H,12H2,(H,27,29). The van der Waals surface area contributed by atoms with Crippen LogP contribution in [0, 0.1) is 0 Å². The number of para-hydroxylation sites is 1. The van der Waals surface area contributed by atoms with E-state index < -0.39 is 11.9 Å². The van der Waals surface area contributed by atoms with E-state index in [9.17, 15) is 13.2 Å². The Balaban J connectivity index is 1.31. The van der Waals surface area contributed by atoms with E-state index in [0.717, 1.165) is 28.3 Å². The average Bonchev–Trinajstić information content (AvgIpc) is 3.44. The third-order valence-electron chi connectivity index (χ3n) is 4.94. The fourth-order valence-electron chi connectivity index (χ4n) is 3.37. The molecule has 3 aromatic heterocycles. The third kappa shape index (κ3) is 4.37. The van der Waals surface area contributed by atoms with Gasteiger partial charge in [-0.2, -0.15) is 18.3 Å². The molecule has 0 radical (unpaired) electrons. The Bertz CT molecular complexity index is 1420. The average molecular weight is 470 g/mol. The summed E-state index contributed by atoms with van der Waals surface area (Å²) in [5.41, 5.74) is 2.35. The summed E-state index contributed by atoms with van der Waals surface area (Å²) in [5, 5.41) is 16.3. The molecule has 33 heavy (non-hydrogen) atoms. The molecule has 1 N–H and O–H groups in total. The molecule has 0 aliphatic carbocycles. The molecular weight excluding hydrogens is 455 g/mol. The number of anilines is 1. The largest absolute Gasteiger partial charge is 0.433 e. The Morgan fingerprint density at radius 3 is 2.52 bits per heavy atom. The summed E-state index contributed by atoms with van der Waals surface area (Å²) in [7, 11) is 0. The molecule has 7 nitrogen and oxygen atoms in total. The van der Waals surface area contributed by atoms with Crippen molar-refractivity contribution in [1.29, 1.82) is 0 Å². The van der Waals surface area contributed by atoms with E-state index in [2.05, 4.69) is 25.7 Å². The molecule has 0 atom stereocenters. The maximum Gasteiger partial charge on any atom is 0.433 e. The van der Waals surface area contributed by atoms with Crippen LogP contribution >= 0.6 is 11.6 Å². The number of pyridine rings is 1. The summed E-state index contributed by atoms with van der Waals surface area (Å²) in [6, 6.07) is 17.8. The van der Waals surface area contributed by atoms with E-state index in [1.165, 1.54) is 6.07 Å².